The second-order valence-electron chi connectivity index (χ2n) is 4.37. The van der Waals surface area contributed by atoms with Gasteiger partial charge in [0.05, 0.1) is 16.4 Å². The number of anilines is 3. The first-order valence-corrected chi connectivity index (χ1v) is 6.51. The lowest BCUT2D eigenvalue weighted by Crippen LogP contribution is -2.13. The summed E-state index contributed by atoms with van der Waals surface area (Å²) in [6.45, 7) is 4.06. The first kappa shape index (κ1) is 12.9. The molecule has 18 heavy (non-hydrogen) atoms. The normalized spacial score (nSPS) is 10.4. The van der Waals surface area contributed by atoms with Gasteiger partial charge in [-0.2, -0.15) is 0 Å². The standard InChI is InChI=1S/C14H16BrN3/c1-9-5-4-6-11(7-9)18(3)14-13(15)10(2)12(16)8-17-14/h4-8H,16H2,1-3H3. The van der Waals surface area contributed by atoms with Crippen molar-refractivity contribution in [3.63, 3.8) is 0 Å². The highest BCUT2D eigenvalue weighted by atomic mass is 79.9. The number of aryl methyl sites for hydroxylation is 1. The van der Waals surface area contributed by atoms with E-state index in [4.69, 9.17) is 5.73 Å². The molecule has 0 atom stereocenters. The molecule has 0 unspecified atom stereocenters. The maximum Gasteiger partial charge on any atom is 0.147 e. The van der Waals surface area contributed by atoms with Crippen molar-refractivity contribution in [2.24, 2.45) is 0 Å². The Hall–Kier alpha value is -1.55. The van der Waals surface area contributed by atoms with Gasteiger partial charge in [-0.05, 0) is 53.0 Å². The molecule has 1 heterocycles. The topological polar surface area (TPSA) is 42.2 Å². The zero-order valence-electron chi connectivity index (χ0n) is 10.7. The Balaban J connectivity index is 2.46. The van der Waals surface area contributed by atoms with Crippen LogP contribution in [0.1, 0.15) is 11.1 Å². The number of pyridine rings is 1. The zero-order valence-corrected chi connectivity index (χ0v) is 12.3. The molecule has 0 saturated carbocycles. The molecule has 2 rings (SSSR count). The Bertz CT molecular complexity index is 581. The Labute approximate surface area is 116 Å². The van der Waals surface area contributed by atoms with Gasteiger partial charge in [0.1, 0.15) is 5.82 Å². The van der Waals surface area contributed by atoms with Crippen LogP contribution in [0.15, 0.2) is 34.9 Å². The fourth-order valence-electron chi connectivity index (χ4n) is 1.77. The number of benzene rings is 1. The Morgan fingerprint density at radius 3 is 2.67 bits per heavy atom. The van der Waals surface area contributed by atoms with Crippen LogP contribution in [-0.2, 0) is 0 Å². The summed E-state index contributed by atoms with van der Waals surface area (Å²) in [5.41, 5.74) is 9.88. The van der Waals surface area contributed by atoms with Gasteiger partial charge in [-0.3, -0.25) is 0 Å². The SMILES string of the molecule is Cc1cccc(N(C)c2ncc(N)c(C)c2Br)c1. The number of nitrogen functional groups attached to an aromatic ring is 1. The lowest BCUT2D eigenvalue weighted by molar-refractivity contribution is 1.10. The predicted molar refractivity (Wildman–Crippen MR) is 80.3 cm³/mol. The van der Waals surface area contributed by atoms with E-state index in [-0.39, 0.29) is 0 Å². The van der Waals surface area contributed by atoms with E-state index in [0.717, 1.165) is 21.5 Å². The first-order chi connectivity index (χ1) is 8.50. The van der Waals surface area contributed by atoms with Gasteiger partial charge in [0.2, 0.25) is 0 Å². The van der Waals surface area contributed by atoms with Gasteiger partial charge in [-0.15, -0.1) is 0 Å². The summed E-state index contributed by atoms with van der Waals surface area (Å²) in [5.74, 6) is 0.868. The van der Waals surface area contributed by atoms with Crippen molar-refractivity contribution >= 4 is 33.1 Å². The van der Waals surface area contributed by atoms with Gasteiger partial charge < -0.3 is 10.6 Å². The van der Waals surface area contributed by atoms with Crippen LogP contribution in [0, 0.1) is 13.8 Å². The van der Waals surface area contributed by atoms with Crippen molar-refractivity contribution in [2.45, 2.75) is 13.8 Å². The molecule has 4 heteroatoms. The minimum Gasteiger partial charge on any atom is -0.397 e. The summed E-state index contributed by atoms with van der Waals surface area (Å²) in [4.78, 5) is 6.44. The smallest absolute Gasteiger partial charge is 0.147 e. The van der Waals surface area contributed by atoms with Gasteiger partial charge in [0, 0.05) is 12.7 Å². The molecule has 0 bridgehead atoms. The molecule has 3 nitrogen and oxygen atoms in total. The Morgan fingerprint density at radius 1 is 1.28 bits per heavy atom. The van der Waals surface area contributed by atoms with Crippen LogP contribution in [-0.4, -0.2) is 12.0 Å². The quantitative estimate of drug-likeness (QED) is 0.917. The van der Waals surface area contributed by atoms with Crippen LogP contribution in [0.5, 0.6) is 0 Å². The minimum absolute atomic E-state index is 0.697. The van der Waals surface area contributed by atoms with Crippen LogP contribution in [0.2, 0.25) is 0 Å². The molecule has 0 radical (unpaired) electrons. The second kappa shape index (κ2) is 4.98. The molecule has 0 aliphatic heterocycles. The van der Waals surface area contributed by atoms with E-state index >= 15 is 0 Å². The molecular formula is C14H16BrN3. The maximum absolute atomic E-state index is 5.84. The molecule has 2 N–H and O–H groups in total. The van der Waals surface area contributed by atoms with Crippen LogP contribution < -0.4 is 10.6 Å². The number of hydrogen-bond donors (Lipinski definition) is 1. The van der Waals surface area contributed by atoms with Crippen LogP contribution in [0.25, 0.3) is 0 Å². The second-order valence-corrected chi connectivity index (χ2v) is 5.17. The fraction of sp³-hybridized carbons (Fsp3) is 0.214. The monoisotopic (exact) mass is 305 g/mol. The minimum atomic E-state index is 0.697. The van der Waals surface area contributed by atoms with Crippen molar-refractivity contribution in [2.75, 3.05) is 17.7 Å². The molecule has 94 valence electrons. The molecule has 1 aromatic heterocycles. The highest BCUT2D eigenvalue weighted by Gasteiger charge is 2.12. The lowest BCUT2D eigenvalue weighted by atomic mass is 10.2. The number of hydrogen-bond acceptors (Lipinski definition) is 3. The van der Waals surface area contributed by atoms with Crippen LogP contribution >= 0.6 is 15.9 Å². The molecular weight excluding hydrogens is 290 g/mol. The van der Waals surface area contributed by atoms with Gasteiger partial charge in [0.15, 0.2) is 0 Å². The molecule has 0 saturated heterocycles. The predicted octanol–water partition coefficient (Wildman–Crippen LogP) is 3.81. The van der Waals surface area contributed by atoms with Crippen molar-refractivity contribution in [1.82, 2.24) is 4.98 Å². The van der Waals surface area contributed by atoms with E-state index in [2.05, 4.69) is 46.0 Å². The summed E-state index contributed by atoms with van der Waals surface area (Å²) < 4.78 is 0.937. The highest BCUT2D eigenvalue weighted by molar-refractivity contribution is 9.10. The van der Waals surface area contributed by atoms with Gasteiger partial charge in [-0.25, -0.2) is 4.98 Å². The summed E-state index contributed by atoms with van der Waals surface area (Å²) >= 11 is 3.56. The number of halogens is 1. The molecule has 0 fully saturated rings. The molecule has 0 aliphatic rings. The van der Waals surface area contributed by atoms with E-state index in [9.17, 15) is 0 Å². The van der Waals surface area contributed by atoms with Crippen molar-refractivity contribution in [1.29, 1.82) is 0 Å². The largest absolute Gasteiger partial charge is 0.397 e. The molecule has 0 amide bonds. The highest BCUT2D eigenvalue weighted by Crippen LogP contribution is 2.33. The summed E-state index contributed by atoms with van der Waals surface area (Å²) in [6.07, 6.45) is 1.70. The van der Waals surface area contributed by atoms with Gasteiger partial charge >= 0.3 is 0 Å². The first-order valence-electron chi connectivity index (χ1n) is 5.71. The number of nitrogens with zero attached hydrogens (tertiary/aromatic N) is 2. The van der Waals surface area contributed by atoms with E-state index in [0.29, 0.717) is 5.69 Å². The van der Waals surface area contributed by atoms with Crippen molar-refractivity contribution in [3.05, 3.63) is 46.1 Å². The maximum atomic E-state index is 5.84. The van der Waals surface area contributed by atoms with E-state index in [1.54, 1.807) is 6.20 Å². The molecule has 2 aromatic rings. The summed E-state index contributed by atoms with van der Waals surface area (Å²) in [5, 5.41) is 0. The average molecular weight is 306 g/mol. The Morgan fingerprint density at radius 2 is 2.00 bits per heavy atom. The van der Waals surface area contributed by atoms with Crippen LogP contribution in [0.3, 0.4) is 0 Å². The van der Waals surface area contributed by atoms with Crippen molar-refractivity contribution in [3.8, 4) is 0 Å². The average Bonchev–Trinajstić information content (AvgIpc) is 2.35. The van der Waals surface area contributed by atoms with Gasteiger partial charge in [-0.1, -0.05) is 12.1 Å². The van der Waals surface area contributed by atoms with Crippen molar-refractivity contribution < 1.29 is 0 Å². The molecule has 0 spiro atoms. The fourth-order valence-corrected chi connectivity index (χ4v) is 2.37. The van der Waals surface area contributed by atoms with Gasteiger partial charge in [0.25, 0.3) is 0 Å². The summed E-state index contributed by atoms with van der Waals surface area (Å²) in [7, 11) is 2.00. The van der Waals surface area contributed by atoms with Crippen LogP contribution in [0.4, 0.5) is 17.2 Å². The summed E-state index contributed by atoms with van der Waals surface area (Å²) in [6, 6.07) is 8.31. The third-order valence-corrected chi connectivity index (χ3v) is 3.94. The Kier molecular flexibility index (Phi) is 3.57. The number of nitrogens with two attached hydrogens (primary N) is 1. The molecule has 0 aliphatic carbocycles. The number of aromatic nitrogens is 1. The van der Waals surface area contributed by atoms with E-state index in [1.807, 2.05) is 24.9 Å². The lowest BCUT2D eigenvalue weighted by Gasteiger charge is -2.21. The number of rotatable bonds is 2. The van der Waals surface area contributed by atoms with E-state index in [1.165, 1.54) is 5.56 Å². The zero-order chi connectivity index (χ0) is 13.3. The third-order valence-electron chi connectivity index (χ3n) is 2.99. The third kappa shape index (κ3) is 2.34. The molecule has 1 aromatic carbocycles. The van der Waals surface area contributed by atoms with E-state index < -0.39 is 0 Å².